The molecule has 0 spiro atoms. The zero-order valence-electron chi connectivity index (χ0n) is 12.5. The highest BCUT2D eigenvalue weighted by atomic mass is 35.5. The molecule has 0 unspecified atom stereocenters. The zero-order chi connectivity index (χ0) is 16.7. The first-order valence-electron chi connectivity index (χ1n) is 7.49. The summed E-state index contributed by atoms with van der Waals surface area (Å²) in [7, 11) is 0. The summed E-state index contributed by atoms with van der Waals surface area (Å²) in [6, 6.07) is 20.6. The van der Waals surface area contributed by atoms with Crippen LogP contribution in [0, 0.1) is 0 Å². The summed E-state index contributed by atoms with van der Waals surface area (Å²) in [5, 5.41) is 0.764. The Kier molecular flexibility index (Phi) is 3.79. The molecule has 3 aromatic rings. The topological polar surface area (TPSA) is 26.3 Å². The van der Waals surface area contributed by atoms with Crippen LogP contribution in [-0.2, 0) is 4.74 Å². The largest absolute Gasteiger partial charge is 0.449 e. The van der Waals surface area contributed by atoms with Crippen molar-refractivity contribution in [3.63, 3.8) is 0 Å². The number of hydrogen-bond donors (Lipinski definition) is 0. The van der Waals surface area contributed by atoms with E-state index in [2.05, 4.69) is 0 Å². The normalized spacial score (nSPS) is 12.6. The van der Waals surface area contributed by atoms with Crippen LogP contribution in [0.2, 0.25) is 10.0 Å². The van der Waals surface area contributed by atoms with E-state index in [1.54, 1.807) is 12.1 Å². The highest BCUT2D eigenvalue weighted by molar-refractivity contribution is 6.36. The number of halogens is 2. The van der Waals surface area contributed by atoms with Gasteiger partial charge in [0.05, 0.1) is 10.6 Å². The second-order valence-corrected chi connectivity index (χ2v) is 6.43. The van der Waals surface area contributed by atoms with E-state index >= 15 is 0 Å². The molecule has 0 N–H and O–H groups in total. The Morgan fingerprint density at radius 3 is 2.00 bits per heavy atom. The summed E-state index contributed by atoms with van der Waals surface area (Å²) < 4.78 is 5.80. The lowest BCUT2D eigenvalue weighted by atomic mass is 10.1. The predicted octanol–water partition coefficient (Wildman–Crippen LogP) is 5.92. The van der Waals surface area contributed by atoms with E-state index in [4.69, 9.17) is 27.9 Å². The van der Waals surface area contributed by atoms with Crippen molar-refractivity contribution >= 4 is 29.2 Å². The van der Waals surface area contributed by atoms with Gasteiger partial charge in [-0.2, -0.15) is 0 Å². The van der Waals surface area contributed by atoms with Crippen LogP contribution in [0.4, 0.5) is 0 Å². The van der Waals surface area contributed by atoms with Gasteiger partial charge in [0.25, 0.3) is 0 Å². The molecule has 0 bridgehead atoms. The molecular weight excluding hydrogens is 343 g/mol. The molecule has 1 aliphatic rings. The van der Waals surface area contributed by atoms with Crippen LogP contribution in [0.15, 0.2) is 66.7 Å². The lowest BCUT2D eigenvalue weighted by molar-refractivity contribution is 0.0386. The highest BCUT2D eigenvalue weighted by Gasteiger charge is 2.31. The number of benzene rings is 3. The molecule has 4 rings (SSSR count). The minimum absolute atomic E-state index is 0.284. The summed E-state index contributed by atoms with van der Waals surface area (Å²) in [6.45, 7) is 0. The molecule has 118 valence electrons. The number of ether oxygens (including phenoxy) is 1. The van der Waals surface area contributed by atoms with E-state index in [0.29, 0.717) is 10.6 Å². The average molecular weight is 355 g/mol. The number of esters is 1. The first kappa shape index (κ1) is 15.3. The second-order valence-electron chi connectivity index (χ2n) is 5.58. The van der Waals surface area contributed by atoms with Crippen molar-refractivity contribution in [1.82, 2.24) is 0 Å². The maximum atomic E-state index is 12.6. The third kappa shape index (κ3) is 2.48. The molecular formula is C20H12Cl2O2. The summed E-state index contributed by atoms with van der Waals surface area (Å²) >= 11 is 12.0. The minimum atomic E-state index is -0.465. The molecule has 1 aliphatic carbocycles. The van der Waals surface area contributed by atoms with Gasteiger partial charge in [-0.3, -0.25) is 0 Å². The van der Waals surface area contributed by atoms with Crippen molar-refractivity contribution in [3.8, 4) is 11.1 Å². The van der Waals surface area contributed by atoms with Crippen molar-refractivity contribution in [3.05, 3.63) is 93.5 Å². The lowest BCUT2D eigenvalue weighted by Crippen LogP contribution is -2.11. The van der Waals surface area contributed by atoms with Gasteiger partial charge in [0.15, 0.2) is 6.10 Å². The molecule has 0 fully saturated rings. The van der Waals surface area contributed by atoms with Crippen LogP contribution in [0.1, 0.15) is 27.6 Å². The monoisotopic (exact) mass is 354 g/mol. The molecule has 4 heteroatoms. The number of carbonyl (C=O) groups excluding carboxylic acids is 1. The summed E-state index contributed by atoms with van der Waals surface area (Å²) in [6.07, 6.45) is -0.434. The highest BCUT2D eigenvalue weighted by Crippen LogP contribution is 2.45. The third-order valence-corrected chi connectivity index (χ3v) is 4.70. The number of carbonyl (C=O) groups is 1. The van der Waals surface area contributed by atoms with Crippen LogP contribution in [-0.4, -0.2) is 5.97 Å². The van der Waals surface area contributed by atoms with E-state index in [9.17, 15) is 4.79 Å². The van der Waals surface area contributed by atoms with E-state index in [-0.39, 0.29) is 5.02 Å². The van der Waals surface area contributed by atoms with Gasteiger partial charge in [-0.05, 0) is 29.3 Å². The summed E-state index contributed by atoms with van der Waals surface area (Å²) in [5.41, 5.74) is 4.46. The van der Waals surface area contributed by atoms with Crippen LogP contribution in [0.3, 0.4) is 0 Å². The van der Waals surface area contributed by atoms with Gasteiger partial charge in [-0.1, -0.05) is 71.7 Å². The second kappa shape index (κ2) is 5.97. The maximum absolute atomic E-state index is 12.6. The molecule has 0 saturated heterocycles. The Balaban J connectivity index is 1.73. The van der Waals surface area contributed by atoms with Crippen LogP contribution >= 0.6 is 23.2 Å². The molecule has 0 radical (unpaired) electrons. The SMILES string of the molecule is O=C(OC1c2ccccc2-c2ccccc21)c1ccc(Cl)cc1Cl. The van der Waals surface area contributed by atoms with Crippen LogP contribution < -0.4 is 0 Å². The standard InChI is InChI=1S/C20H12Cl2O2/c21-12-9-10-17(18(22)11-12)20(23)24-19-15-7-3-1-5-13(15)14-6-2-4-8-16(14)19/h1-11,19H. The Morgan fingerprint density at radius 2 is 1.42 bits per heavy atom. The fraction of sp³-hybridized carbons (Fsp3) is 0.0500. The number of hydrogen-bond acceptors (Lipinski definition) is 2. The number of rotatable bonds is 2. The van der Waals surface area contributed by atoms with Gasteiger partial charge in [0.1, 0.15) is 0 Å². The van der Waals surface area contributed by atoms with Gasteiger partial charge in [-0.15, -0.1) is 0 Å². The predicted molar refractivity (Wildman–Crippen MR) is 95.6 cm³/mol. The molecule has 0 aliphatic heterocycles. The lowest BCUT2D eigenvalue weighted by Gasteiger charge is -2.15. The first-order chi connectivity index (χ1) is 11.6. The molecule has 0 aromatic heterocycles. The first-order valence-corrected chi connectivity index (χ1v) is 8.25. The Labute approximate surface area is 149 Å². The fourth-order valence-electron chi connectivity index (χ4n) is 3.06. The molecule has 0 saturated carbocycles. The van der Waals surface area contributed by atoms with Crippen molar-refractivity contribution < 1.29 is 9.53 Å². The smallest absolute Gasteiger partial charge is 0.340 e. The molecule has 3 aromatic carbocycles. The Bertz CT molecular complexity index is 904. The van der Waals surface area contributed by atoms with Gasteiger partial charge in [0, 0.05) is 16.1 Å². The summed E-state index contributed by atoms with van der Waals surface area (Å²) in [4.78, 5) is 12.6. The van der Waals surface area contributed by atoms with Gasteiger partial charge >= 0.3 is 5.97 Å². The van der Waals surface area contributed by atoms with Crippen molar-refractivity contribution in [2.24, 2.45) is 0 Å². The zero-order valence-corrected chi connectivity index (χ0v) is 14.0. The van der Waals surface area contributed by atoms with Crippen LogP contribution in [0.5, 0.6) is 0 Å². The molecule has 0 atom stereocenters. The van der Waals surface area contributed by atoms with E-state index in [1.165, 1.54) is 6.07 Å². The quantitative estimate of drug-likeness (QED) is 0.534. The Hall–Kier alpha value is -2.29. The maximum Gasteiger partial charge on any atom is 0.340 e. The van der Waals surface area contributed by atoms with E-state index in [1.807, 2.05) is 48.5 Å². The number of fused-ring (bicyclic) bond motifs is 3. The van der Waals surface area contributed by atoms with Crippen molar-refractivity contribution in [1.29, 1.82) is 0 Å². The van der Waals surface area contributed by atoms with E-state index < -0.39 is 12.1 Å². The third-order valence-electron chi connectivity index (χ3n) is 4.15. The average Bonchev–Trinajstić information content (AvgIpc) is 2.89. The summed E-state index contributed by atoms with van der Waals surface area (Å²) in [5.74, 6) is -0.465. The fourth-order valence-corrected chi connectivity index (χ4v) is 3.55. The van der Waals surface area contributed by atoms with Gasteiger partial charge in [-0.25, -0.2) is 4.79 Å². The molecule has 0 heterocycles. The van der Waals surface area contributed by atoms with Gasteiger partial charge in [0.2, 0.25) is 0 Å². The van der Waals surface area contributed by atoms with Crippen molar-refractivity contribution in [2.75, 3.05) is 0 Å². The van der Waals surface area contributed by atoms with Crippen LogP contribution in [0.25, 0.3) is 11.1 Å². The van der Waals surface area contributed by atoms with E-state index in [0.717, 1.165) is 22.3 Å². The minimum Gasteiger partial charge on any atom is -0.449 e. The van der Waals surface area contributed by atoms with Gasteiger partial charge < -0.3 is 4.74 Å². The Morgan fingerprint density at radius 1 is 0.833 bits per heavy atom. The molecule has 24 heavy (non-hydrogen) atoms. The molecule has 0 amide bonds. The molecule has 2 nitrogen and oxygen atoms in total. The van der Waals surface area contributed by atoms with Crippen molar-refractivity contribution in [2.45, 2.75) is 6.10 Å².